The van der Waals surface area contributed by atoms with E-state index in [4.69, 9.17) is 4.74 Å². The molecular formula is C18H26N2O3. The van der Waals surface area contributed by atoms with E-state index in [0.717, 1.165) is 25.1 Å². The molecule has 0 bridgehead atoms. The number of hydrogen-bond donors (Lipinski definition) is 1. The highest BCUT2D eigenvalue weighted by molar-refractivity contribution is 5.90. The molecule has 1 amide bonds. The van der Waals surface area contributed by atoms with Crippen molar-refractivity contribution in [3.05, 3.63) is 29.8 Å². The van der Waals surface area contributed by atoms with E-state index in [1.54, 1.807) is 18.2 Å². The highest BCUT2D eigenvalue weighted by Crippen LogP contribution is 2.22. The summed E-state index contributed by atoms with van der Waals surface area (Å²) in [7, 11) is 1.36. The van der Waals surface area contributed by atoms with E-state index in [9.17, 15) is 9.59 Å². The van der Waals surface area contributed by atoms with E-state index in [2.05, 4.69) is 5.32 Å². The van der Waals surface area contributed by atoms with Gasteiger partial charge in [0.2, 0.25) is 5.91 Å². The molecule has 0 aliphatic heterocycles. The molecule has 5 nitrogen and oxygen atoms in total. The number of amides is 1. The van der Waals surface area contributed by atoms with Crippen molar-refractivity contribution in [3.63, 3.8) is 0 Å². The summed E-state index contributed by atoms with van der Waals surface area (Å²) in [6.45, 7) is 3.02. The first kappa shape index (κ1) is 17.3. The zero-order valence-electron chi connectivity index (χ0n) is 14.0. The zero-order valence-corrected chi connectivity index (χ0v) is 14.0. The molecule has 0 aromatic heterocycles. The number of nitrogens with zero attached hydrogens (tertiary/aromatic N) is 1. The lowest BCUT2D eigenvalue weighted by atomic mass is 9.94. The van der Waals surface area contributed by atoms with Crippen LogP contribution in [0.3, 0.4) is 0 Å². The van der Waals surface area contributed by atoms with Crippen LogP contribution < -0.4 is 5.32 Å². The van der Waals surface area contributed by atoms with Crippen LogP contribution in [0.4, 0.5) is 5.69 Å². The van der Waals surface area contributed by atoms with Gasteiger partial charge in [-0.25, -0.2) is 4.79 Å². The average molecular weight is 318 g/mol. The third-order valence-electron chi connectivity index (χ3n) is 4.40. The Hall–Kier alpha value is -2.04. The van der Waals surface area contributed by atoms with Gasteiger partial charge >= 0.3 is 5.97 Å². The van der Waals surface area contributed by atoms with Gasteiger partial charge in [-0.3, -0.25) is 4.79 Å². The fourth-order valence-corrected chi connectivity index (χ4v) is 3.18. The number of hydrogen-bond acceptors (Lipinski definition) is 4. The Morgan fingerprint density at radius 2 is 2.00 bits per heavy atom. The first-order valence-corrected chi connectivity index (χ1v) is 8.37. The maximum Gasteiger partial charge on any atom is 0.337 e. The van der Waals surface area contributed by atoms with E-state index in [0.29, 0.717) is 11.6 Å². The third-order valence-corrected chi connectivity index (χ3v) is 4.40. The molecule has 5 heteroatoms. The van der Waals surface area contributed by atoms with Gasteiger partial charge in [0, 0.05) is 18.3 Å². The largest absolute Gasteiger partial charge is 0.465 e. The topological polar surface area (TPSA) is 58.6 Å². The van der Waals surface area contributed by atoms with E-state index >= 15 is 0 Å². The van der Waals surface area contributed by atoms with Crippen LogP contribution in [0, 0.1) is 0 Å². The standard InChI is InChI=1S/C18H26N2O3/c1-3-20(16-10-5-4-6-11-16)17(21)13-19-15-9-7-8-14(12-15)18(22)23-2/h7-9,12,16,19H,3-6,10-11,13H2,1-2H3. The van der Waals surface area contributed by atoms with Gasteiger partial charge < -0.3 is 15.0 Å². The average Bonchev–Trinajstić information content (AvgIpc) is 2.61. The van der Waals surface area contributed by atoms with Crippen LogP contribution in [0.15, 0.2) is 24.3 Å². The smallest absolute Gasteiger partial charge is 0.337 e. The minimum Gasteiger partial charge on any atom is -0.465 e. The number of methoxy groups -OCH3 is 1. The number of likely N-dealkylation sites (N-methyl/N-ethyl adjacent to an activating group) is 1. The minimum atomic E-state index is -0.377. The van der Waals surface area contributed by atoms with Gasteiger partial charge in [-0.1, -0.05) is 25.3 Å². The van der Waals surface area contributed by atoms with E-state index in [-0.39, 0.29) is 18.4 Å². The minimum absolute atomic E-state index is 0.114. The summed E-state index contributed by atoms with van der Waals surface area (Å²) in [5.41, 5.74) is 1.23. The summed E-state index contributed by atoms with van der Waals surface area (Å²) in [6.07, 6.45) is 5.92. The van der Waals surface area contributed by atoms with Gasteiger partial charge in [0.1, 0.15) is 0 Å². The fraction of sp³-hybridized carbons (Fsp3) is 0.556. The molecule has 1 aromatic rings. The molecule has 0 atom stereocenters. The Morgan fingerprint density at radius 1 is 1.26 bits per heavy atom. The van der Waals surface area contributed by atoms with Crippen molar-refractivity contribution in [3.8, 4) is 0 Å². The summed E-state index contributed by atoms with van der Waals surface area (Å²) in [4.78, 5) is 26.0. The molecule has 1 aromatic carbocycles. The maximum absolute atomic E-state index is 12.5. The van der Waals surface area contributed by atoms with Gasteiger partial charge in [-0.15, -0.1) is 0 Å². The fourth-order valence-electron chi connectivity index (χ4n) is 3.18. The van der Waals surface area contributed by atoms with Crippen LogP contribution in [0.1, 0.15) is 49.4 Å². The van der Waals surface area contributed by atoms with Crippen molar-refractivity contribution in [2.45, 2.75) is 45.1 Å². The maximum atomic E-state index is 12.5. The molecular weight excluding hydrogens is 292 g/mol. The number of nitrogens with one attached hydrogen (secondary N) is 1. The van der Waals surface area contributed by atoms with Gasteiger partial charge in [0.05, 0.1) is 19.2 Å². The number of anilines is 1. The lowest BCUT2D eigenvalue weighted by Gasteiger charge is -2.33. The van der Waals surface area contributed by atoms with Crippen LogP contribution in [0.2, 0.25) is 0 Å². The Kier molecular flexibility index (Phi) is 6.44. The van der Waals surface area contributed by atoms with E-state index in [1.807, 2.05) is 17.9 Å². The number of ether oxygens (including phenoxy) is 1. The first-order valence-electron chi connectivity index (χ1n) is 8.37. The molecule has 0 spiro atoms. The molecule has 1 N–H and O–H groups in total. The molecule has 0 heterocycles. The second kappa shape index (κ2) is 8.56. The molecule has 1 aliphatic rings. The molecule has 1 saturated carbocycles. The van der Waals surface area contributed by atoms with Crippen LogP contribution in [-0.4, -0.2) is 43.0 Å². The summed E-state index contributed by atoms with van der Waals surface area (Å²) in [5.74, 6) is -0.264. The Labute approximate surface area is 138 Å². The van der Waals surface area contributed by atoms with Crippen molar-refractivity contribution >= 4 is 17.6 Å². The summed E-state index contributed by atoms with van der Waals surface area (Å²) in [5, 5.41) is 3.12. The third kappa shape index (κ3) is 4.71. The zero-order chi connectivity index (χ0) is 16.7. The summed E-state index contributed by atoms with van der Waals surface area (Å²) < 4.78 is 4.71. The SMILES string of the molecule is CCN(C(=O)CNc1cccc(C(=O)OC)c1)C1CCCCC1. The molecule has 2 rings (SSSR count). The van der Waals surface area contributed by atoms with Crippen molar-refractivity contribution in [2.24, 2.45) is 0 Å². The number of rotatable bonds is 6. The van der Waals surface area contributed by atoms with Crippen molar-refractivity contribution in [1.82, 2.24) is 4.90 Å². The number of esters is 1. The predicted molar refractivity (Wildman–Crippen MR) is 90.5 cm³/mol. The van der Waals surface area contributed by atoms with Crippen LogP contribution in [0.25, 0.3) is 0 Å². The highest BCUT2D eigenvalue weighted by atomic mass is 16.5. The van der Waals surface area contributed by atoms with Gasteiger partial charge in [-0.2, -0.15) is 0 Å². The van der Waals surface area contributed by atoms with Crippen LogP contribution in [-0.2, 0) is 9.53 Å². The number of benzene rings is 1. The normalized spacial score (nSPS) is 15.0. The first-order chi connectivity index (χ1) is 11.2. The van der Waals surface area contributed by atoms with Crippen molar-refractivity contribution < 1.29 is 14.3 Å². The molecule has 23 heavy (non-hydrogen) atoms. The monoisotopic (exact) mass is 318 g/mol. The quantitative estimate of drug-likeness (QED) is 0.819. The van der Waals surface area contributed by atoms with Gasteiger partial charge in [0.25, 0.3) is 0 Å². The lowest BCUT2D eigenvalue weighted by Crippen LogP contribution is -2.43. The van der Waals surface area contributed by atoms with E-state index < -0.39 is 0 Å². The lowest BCUT2D eigenvalue weighted by molar-refractivity contribution is -0.132. The molecule has 0 radical (unpaired) electrons. The summed E-state index contributed by atoms with van der Waals surface area (Å²) >= 11 is 0. The number of carbonyl (C=O) groups is 2. The Bertz CT molecular complexity index is 539. The second-order valence-electron chi connectivity index (χ2n) is 5.90. The molecule has 0 saturated heterocycles. The molecule has 1 aliphatic carbocycles. The molecule has 126 valence electrons. The van der Waals surface area contributed by atoms with E-state index in [1.165, 1.54) is 26.4 Å². The number of carbonyl (C=O) groups excluding carboxylic acids is 2. The van der Waals surface area contributed by atoms with Crippen molar-refractivity contribution in [2.75, 3.05) is 25.5 Å². The highest BCUT2D eigenvalue weighted by Gasteiger charge is 2.23. The predicted octanol–water partition coefficient (Wildman–Crippen LogP) is 3.07. The van der Waals surface area contributed by atoms with Gasteiger partial charge in [-0.05, 0) is 38.0 Å². The Morgan fingerprint density at radius 3 is 2.65 bits per heavy atom. The molecule has 1 fully saturated rings. The second-order valence-corrected chi connectivity index (χ2v) is 5.90. The Balaban J connectivity index is 1.93. The van der Waals surface area contributed by atoms with Crippen molar-refractivity contribution in [1.29, 1.82) is 0 Å². The summed E-state index contributed by atoms with van der Waals surface area (Å²) in [6, 6.07) is 7.40. The molecule has 0 unspecified atom stereocenters. The van der Waals surface area contributed by atoms with Crippen LogP contribution in [0.5, 0.6) is 0 Å². The van der Waals surface area contributed by atoms with Crippen LogP contribution >= 0.6 is 0 Å². The van der Waals surface area contributed by atoms with Gasteiger partial charge in [0.15, 0.2) is 0 Å².